The summed E-state index contributed by atoms with van der Waals surface area (Å²) in [4.78, 5) is 18.5. The third kappa shape index (κ3) is 4.31. The number of pyridine rings is 1. The first-order chi connectivity index (χ1) is 15.2. The van der Waals surface area contributed by atoms with Crippen LogP contribution >= 0.6 is 0 Å². The largest absolute Gasteiger partial charge is 0.358 e. The van der Waals surface area contributed by atoms with Crippen LogP contribution in [0.3, 0.4) is 0 Å². The molecule has 6 nitrogen and oxygen atoms in total. The Morgan fingerprint density at radius 2 is 1.88 bits per heavy atom. The number of carbonyl (C=O) groups is 1. The van der Waals surface area contributed by atoms with Gasteiger partial charge in [0.2, 0.25) is 0 Å². The highest BCUT2D eigenvalue weighted by Gasteiger charge is 2.27. The molecule has 1 aliphatic rings. The molecule has 0 atom stereocenters. The minimum Gasteiger partial charge on any atom is -0.358 e. The van der Waals surface area contributed by atoms with Crippen molar-refractivity contribution in [3.8, 4) is 0 Å². The summed E-state index contributed by atoms with van der Waals surface area (Å²) < 4.78 is 54.5. The third-order valence-electron chi connectivity index (χ3n) is 6.18. The number of nitrogens with one attached hydrogen (secondary N) is 1. The van der Waals surface area contributed by atoms with Gasteiger partial charge in [0.15, 0.2) is 0 Å². The van der Waals surface area contributed by atoms with E-state index in [1.807, 2.05) is 13.1 Å². The Hall–Kier alpha value is -3.04. The molecule has 3 aromatic heterocycles. The van der Waals surface area contributed by atoms with Crippen molar-refractivity contribution in [2.75, 3.05) is 11.9 Å². The lowest BCUT2D eigenvalue weighted by Gasteiger charge is -2.36. The number of aryl methyl sites for hydroxylation is 1. The fourth-order valence-electron chi connectivity index (χ4n) is 4.39. The van der Waals surface area contributed by atoms with Gasteiger partial charge >= 0.3 is 6.55 Å². The average Bonchev–Trinajstić information content (AvgIpc) is 3.37. The summed E-state index contributed by atoms with van der Waals surface area (Å²) in [5.41, 5.74) is 0.771. The van der Waals surface area contributed by atoms with Crippen molar-refractivity contribution in [1.29, 1.82) is 0 Å². The Morgan fingerprint density at radius 1 is 1.16 bits per heavy atom. The molecule has 0 saturated heterocycles. The zero-order valence-electron chi connectivity index (χ0n) is 17.8. The smallest absolute Gasteiger partial charge is 0.318 e. The van der Waals surface area contributed by atoms with Crippen LogP contribution in [0, 0.1) is 6.92 Å². The van der Waals surface area contributed by atoms with Crippen LogP contribution in [-0.2, 0) is 0 Å². The van der Waals surface area contributed by atoms with Crippen LogP contribution in [-0.4, -0.2) is 39.0 Å². The zero-order valence-corrected chi connectivity index (χ0v) is 17.8. The van der Waals surface area contributed by atoms with Gasteiger partial charge in [-0.15, -0.1) is 0 Å². The van der Waals surface area contributed by atoms with Gasteiger partial charge < -0.3 is 10.2 Å². The fourth-order valence-corrected chi connectivity index (χ4v) is 4.39. The van der Waals surface area contributed by atoms with E-state index < -0.39 is 13.0 Å². The molecular formula is C22H25F4N5O. The van der Waals surface area contributed by atoms with Crippen molar-refractivity contribution in [3.05, 3.63) is 53.6 Å². The highest BCUT2D eigenvalue weighted by atomic mass is 19.3. The lowest BCUT2D eigenvalue weighted by molar-refractivity contribution is 0.0685. The second-order valence-electron chi connectivity index (χ2n) is 8.22. The molecule has 32 heavy (non-hydrogen) atoms. The summed E-state index contributed by atoms with van der Waals surface area (Å²) in [6.45, 7) is -1.14. The number of rotatable bonds is 6. The van der Waals surface area contributed by atoms with E-state index in [-0.39, 0.29) is 29.2 Å². The first-order valence-electron chi connectivity index (χ1n) is 10.5. The minimum atomic E-state index is -2.68. The highest BCUT2D eigenvalue weighted by Crippen LogP contribution is 2.29. The van der Waals surface area contributed by atoms with Crippen LogP contribution in [0.15, 0.2) is 36.7 Å². The van der Waals surface area contributed by atoms with E-state index in [2.05, 4.69) is 15.2 Å². The molecule has 0 aliphatic heterocycles. The molecule has 0 aromatic carbocycles. The van der Waals surface area contributed by atoms with Crippen molar-refractivity contribution < 1.29 is 22.4 Å². The monoisotopic (exact) mass is 451 g/mol. The minimum absolute atomic E-state index is 0.0446. The average molecular weight is 451 g/mol. The quantitative estimate of drug-likeness (QED) is 0.540. The molecule has 3 aromatic rings. The van der Waals surface area contributed by atoms with E-state index in [1.54, 1.807) is 16.5 Å². The second-order valence-corrected chi connectivity index (χ2v) is 8.22. The molecule has 3 heterocycles. The van der Waals surface area contributed by atoms with Crippen LogP contribution in [0.25, 0.3) is 5.65 Å². The topological polar surface area (TPSA) is 54.6 Å². The van der Waals surface area contributed by atoms with E-state index >= 15 is 0 Å². The number of alkyl halides is 4. The van der Waals surface area contributed by atoms with Crippen LogP contribution in [0.2, 0.25) is 0 Å². The number of hydrogen-bond acceptors (Lipinski definition) is 3. The van der Waals surface area contributed by atoms with E-state index in [0.717, 1.165) is 36.1 Å². The lowest BCUT2D eigenvalue weighted by Crippen LogP contribution is -2.43. The van der Waals surface area contributed by atoms with Crippen LogP contribution in [0.4, 0.5) is 23.4 Å². The molecule has 0 radical (unpaired) electrons. The van der Waals surface area contributed by atoms with Crippen molar-refractivity contribution >= 4 is 17.4 Å². The number of imidazole rings is 1. The van der Waals surface area contributed by atoms with Gasteiger partial charge in [0.25, 0.3) is 12.3 Å². The van der Waals surface area contributed by atoms with Gasteiger partial charge in [-0.1, -0.05) is 6.07 Å². The summed E-state index contributed by atoms with van der Waals surface area (Å²) in [7, 11) is 1.93. The summed E-state index contributed by atoms with van der Waals surface area (Å²) in [5, 5.41) is 2.95. The van der Waals surface area contributed by atoms with E-state index in [4.69, 9.17) is 0 Å². The second kappa shape index (κ2) is 8.84. The standard InChI is InChI=1S/C22H25F4N5O/c1-13-10-14(11-30(13)22(25)26)21(32)27-15-6-8-16(9-7-15)29(2)19-5-3-4-18-28-17(20(23)24)12-31(18)19/h3-5,10-12,15-16,20,22H,6-9H2,1-2H3,(H,27,32)/t15-,16+. The molecule has 172 valence electrons. The van der Waals surface area contributed by atoms with E-state index in [0.29, 0.717) is 11.3 Å². The molecule has 1 N–H and O–H groups in total. The number of halogens is 4. The third-order valence-corrected chi connectivity index (χ3v) is 6.18. The summed E-state index contributed by atoms with van der Waals surface area (Å²) in [6, 6.07) is 6.94. The SMILES string of the molecule is Cc1cc(C(=O)N[C@H]2CC[C@@H](N(C)c3cccc4nc(C(F)F)cn34)CC2)cn1C(F)F. The van der Waals surface area contributed by atoms with Gasteiger partial charge in [0.05, 0.1) is 5.56 Å². The van der Waals surface area contributed by atoms with Gasteiger partial charge in [0, 0.05) is 37.2 Å². The number of amides is 1. The molecule has 1 amide bonds. The van der Waals surface area contributed by atoms with Crippen LogP contribution in [0.5, 0.6) is 0 Å². The summed E-state index contributed by atoms with van der Waals surface area (Å²) in [5.74, 6) is 0.421. The van der Waals surface area contributed by atoms with Crippen molar-refractivity contribution in [3.63, 3.8) is 0 Å². The van der Waals surface area contributed by atoms with Gasteiger partial charge in [-0.05, 0) is 50.8 Å². The van der Waals surface area contributed by atoms with Gasteiger partial charge in [-0.3, -0.25) is 13.8 Å². The van der Waals surface area contributed by atoms with E-state index in [1.165, 1.54) is 25.4 Å². The molecule has 10 heteroatoms. The Kier molecular flexibility index (Phi) is 6.12. The Bertz CT molecular complexity index is 1100. The highest BCUT2D eigenvalue weighted by molar-refractivity contribution is 5.94. The number of fused-ring (bicyclic) bond motifs is 1. The molecule has 0 bridgehead atoms. The molecule has 0 unspecified atom stereocenters. The normalized spacial score (nSPS) is 19.1. The molecule has 1 saturated carbocycles. The lowest BCUT2D eigenvalue weighted by atomic mass is 9.90. The Labute approximate surface area is 182 Å². The fraction of sp³-hybridized carbons (Fsp3) is 0.455. The zero-order chi connectivity index (χ0) is 23.0. The molecule has 1 aliphatic carbocycles. The number of aromatic nitrogens is 3. The molecule has 0 spiro atoms. The summed E-state index contributed by atoms with van der Waals surface area (Å²) in [6.07, 6.45) is 2.97. The maximum atomic E-state index is 13.1. The predicted molar refractivity (Wildman–Crippen MR) is 112 cm³/mol. The molecular weight excluding hydrogens is 426 g/mol. The van der Waals surface area contributed by atoms with Crippen molar-refractivity contribution in [2.45, 2.75) is 57.7 Å². The first kappa shape index (κ1) is 22.2. The summed E-state index contributed by atoms with van der Waals surface area (Å²) >= 11 is 0. The van der Waals surface area contributed by atoms with Crippen LogP contribution in [0.1, 0.15) is 60.4 Å². The van der Waals surface area contributed by atoms with Crippen LogP contribution < -0.4 is 10.2 Å². The predicted octanol–water partition coefficient (Wildman–Crippen LogP) is 4.95. The number of carbonyl (C=O) groups excluding carboxylic acids is 1. The Balaban J connectivity index is 1.39. The van der Waals surface area contributed by atoms with E-state index in [9.17, 15) is 22.4 Å². The number of nitrogens with zero attached hydrogens (tertiary/aromatic N) is 4. The maximum absolute atomic E-state index is 13.1. The van der Waals surface area contributed by atoms with Gasteiger partial charge in [-0.2, -0.15) is 8.78 Å². The van der Waals surface area contributed by atoms with Gasteiger partial charge in [0.1, 0.15) is 17.2 Å². The molecule has 4 rings (SSSR count). The Morgan fingerprint density at radius 3 is 2.50 bits per heavy atom. The first-order valence-corrected chi connectivity index (χ1v) is 10.5. The maximum Gasteiger partial charge on any atom is 0.318 e. The number of anilines is 1. The number of hydrogen-bond donors (Lipinski definition) is 1. The molecule has 1 fully saturated rings. The van der Waals surface area contributed by atoms with Crippen molar-refractivity contribution in [1.82, 2.24) is 19.3 Å². The van der Waals surface area contributed by atoms with Crippen molar-refractivity contribution in [2.24, 2.45) is 0 Å². The van der Waals surface area contributed by atoms with Gasteiger partial charge in [-0.25, -0.2) is 13.8 Å².